The first kappa shape index (κ1) is 18.1. The van der Waals surface area contributed by atoms with Crippen molar-refractivity contribution in [1.29, 1.82) is 0 Å². The van der Waals surface area contributed by atoms with Crippen LogP contribution in [0.5, 0.6) is 0 Å². The van der Waals surface area contributed by atoms with Gasteiger partial charge in [0.2, 0.25) is 11.8 Å². The van der Waals surface area contributed by atoms with Crippen LogP contribution in [0.1, 0.15) is 17.7 Å². The van der Waals surface area contributed by atoms with Crippen LogP contribution in [0.4, 0.5) is 0 Å². The molecule has 0 bridgehead atoms. The molecule has 0 spiro atoms. The van der Waals surface area contributed by atoms with E-state index in [0.29, 0.717) is 32.5 Å². The fourth-order valence-electron chi connectivity index (χ4n) is 3.33. The van der Waals surface area contributed by atoms with E-state index in [1.165, 1.54) is 0 Å². The maximum atomic E-state index is 12.7. The highest BCUT2D eigenvalue weighted by molar-refractivity contribution is 5.82. The van der Waals surface area contributed by atoms with Gasteiger partial charge >= 0.3 is 0 Å². The summed E-state index contributed by atoms with van der Waals surface area (Å²) in [6, 6.07) is 15.8. The van der Waals surface area contributed by atoms with Crippen LogP contribution >= 0.6 is 0 Å². The average molecular weight is 351 g/mol. The lowest BCUT2D eigenvalue weighted by molar-refractivity contribution is -0.134. The Balaban J connectivity index is 1.65. The minimum Gasteiger partial charge on any atom is -0.344 e. The van der Waals surface area contributed by atoms with Gasteiger partial charge in [-0.15, -0.1) is 0 Å². The number of hydrogen-bond acceptors (Lipinski definition) is 3. The molecule has 1 aromatic carbocycles. The van der Waals surface area contributed by atoms with Crippen molar-refractivity contribution in [3.05, 3.63) is 66.0 Å². The molecule has 2 heterocycles. The van der Waals surface area contributed by atoms with E-state index in [9.17, 15) is 9.59 Å². The summed E-state index contributed by atoms with van der Waals surface area (Å²) in [7, 11) is 1.81. The fraction of sp³-hybridized carbons (Fsp3) is 0.381. The van der Waals surface area contributed by atoms with Crippen molar-refractivity contribution in [3.63, 3.8) is 0 Å². The third kappa shape index (κ3) is 4.69. The molecule has 2 amide bonds. The van der Waals surface area contributed by atoms with E-state index in [-0.39, 0.29) is 17.7 Å². The molecule has 5 nitrogen and oxygen atoms in total. The maximum Gasteiger partial charge on any atom is 0.227 e. The first-order valence-corrected chi connectivity index (χ1v) is 9.10. The van der Waals surface area contributed by atoms with Gasteiger partial charge in [-0.25, -0.2) is 0 Å². The number of amides is 2. The van der Waals surface area contributed by atoms with Gasteiger partial charge in [0.1, 0.15) is 0 Å². The van der Waals surface area contributed by atoms with Crippen LogP contribution < -0.4 is 0 Å². The summed E-state index contributed by atoms with van der Waals surface area (Å²) in [6.07, 6.45) is 3.50. The zero-order chi connectivity index (χ0) is 18.4. The van der Waals surface area contributed by atoms with Gasteiger partial charge in [0, 0.05) is 51.4 Å². The molecule has 5 heteroatoms. The van der Waals surface area contributed by atoms with E-state index in [1.807, 2.05) is 60.5 Å². The Morgan fingerprint density at radius 3 is 2.62 bits per heavy atom. The summed E-state index contributed by atoms with van der Waals surface area (Å²) in [5, 5.41) is 0. The molecule has 1 aliphatic heterocycles. The molecular weight excluding hydrogens is 326 g/mol. The highest BCUT2D eigenvalue weighted by atomic mass is 16.2. The number of pyridine rings is 1. The van der Waals surface area contributed by atoms with E-state index in [4.69, 9.17) is 0 Å². The van der Waals surface area contributed by atoms with Gasteiger partial charge in [0.25, 0.3) is 0 Å². The van der Waals surface area contributed by atoms with Crippen LogP contribution in [0.3, 0.4) is 0 Å². The number of rotatable bonds is 5. The van der Waals surface area contributed by atoms with Gasteiger partial charge < -0.3 is 9.80 Å². The Kier molecular flexibility index (Phi) is 6.00. The van der Waals surface area contributed by atoms with Crippen molar-refractivity contribution in [1.82, 2.24) is 14.8 Å². The summed E-state index contributed by atoms with van der Waals surface area (Å²) in [6.45, 7) is 1.64. The topological polar surface area (TPSA) is 53.5 Å². The highest BCUT2D eigenvalue weighted by Gasteiger charge is 2.30. The number of carbonyl (C=O) groups is 2. The molecule has 1 fully saturated rings. The number of aromatic nitrogens is 1. The molecule has 26 heavy (non-hydrogen) atoms. The number of likely N-dealkylation sites (N-methyl/N-ethyl adjacent to an activating group) is 1. The van der Waals surface area contributed by atoms with E-state index in [2.05, 4.69) is 4.98 Å². The third-order valence-electron chi connectivity index (χ3n) is 4.88. The van der Waals surface area contributed by atoms with E-state index in [0.717, 1.165) is 17.7 Å². The van der Waals surface area contributed by atoms with Crippen molar-refractivity contribution >= 4 is 11.8 Å². The van der Waals surface area contributed by atoms with Gasteiger partial charge in [0.05, 0.1) is 5.92 Å². The molecule has 3 rings (SSSR count). The second-order valence-corrected chi connectivity index (χ2v) is 6.81. The lowest BCUT2D eigenvalue weighted by Crippen LogP contribution is -2.37. The van der Waals surface area contributed by atoms with Crippen molar-refractivity contribution in [2.24, 2.45) is 5.92 Å². The van der Waals surface area contributed by atoms with Crippen LogP contribution in [0.25, 0.3) is 0 Å². The molecule has 0 saturated carbocycles. The number of aryl methyl sites for hydroxylation is 1. The number of benzene rings is 1. The molecular formula is C21H25N3O2. The van der Waals surface area contributed by atoms with Crippen LogP contribution in [0.2, 0.25) is 0 Å². The van der Waals surface area contributed by atoms with Gasteiger partial charge in [0.15, 0.2) is 0 Å². The fourth-order valence-corrected chi connectivity index (χ4v) is 3.33. The van der Waals surface area contributed by atoms with Crippen LogP contribution in [-0.2, 0) is 22.4 Å². The summed E-state index contributed by atoms with van der Waals surface area (Å²) in [5.41, 5.74) is 2.05. The van der Waals surface area contributed by atoms with Gasteiger partial charge in [-0.2, -0.15) is 0 Å². The van der Waals surface area contributed by atoms with Gasteiger partial charge in [-0.05, 0) is 24.1 Å². The zero-order valence-electron chi connectivity index (χ0n) is 15.2. The third-order valence-corrected chi connectivity index (χ3v) is 4.88. The van der Waals surface area contributed by atoms with Gasteiger partial charge in [-0.3, -0.25) is 14.6 Å². The summed E-state index contributed by atoms with van der Waals surface area (Å²) in [5.74, 6) is -0.0324. The van der Waals surface area contributed by atoms with Crippen molar-refractivity contribution in [2.75, 3.05) is 26.7 Å². The lowest BCUT2D eigenvalue weighted by Gasteiger charge is -2.23. The normalized spacial score (nSPS) is 17.9. The Morgan fingerprint density at radius 2 is 1.88 bits per heavy atom. The van der Waals surface area contributed by atoms with Crippen LogP contribution in [0.15, 0.2) is 54.7 Å². The van der Waals surface area contributed by atoms with E-state index >= 15 is 0 Å². The Bertz CT molecular complexity index is 733. The second kappa shape index (κ2) is 8.61. The smallest absolute Gasteiger partial charge is 0.227 e. The van der Waals surface area contributed by atoms with Gasteiger partial charge in [-0.1, -0.05) is 36.4 Å². The second-order valence-electron chi connectivity index (χ2n) is 6.81. The van der Waals surface area contributed by atoms with Crippen molar-refractivity contribution in [3.8, 4) is 0 Å². The molecule has 1 aromatic heterocycles. The molecule has 2 aromatic rings. The largest absolute Gasteiger partial charge is 0.344 e. The molecule has 0 radical (unpaired) electrons. The molecule has 1 atom stereocenters. The van der Waals surface area contributed by atoms with Crippen LogP contribution in [0, 0.1) is 5.92 Å². The summed E-state index contributed by atoms with van der Waals surface area (Å²) < 4.78 is 0. The first-order valence-electron chi connectivity index (χ1n) is 9.10. The predicted octanol–water partition coefficient (Wildman–Crippen LogP) is 2.17. The molecule has 1 saturated heterocycles. The summed E-state index contributed by atoms with van der Waals surface area (Å²) >= 11 is 0. The Morgan fingerprint density at radius 1 is 1.12 bits per heavy atom. The Labute approximate surface area is 154 Å². The minimum atomic E-state index is -0.238. The standard InChI is InChI=1S/C21H25N3O2/c1-23-13-14-24(20(25)11-10-17-7-3-2-4-8-17)16-18(21(23)26)15-19-9-5-6-12-22-19/h2-9,12,18H,10-11,13-16H2,1H3. The van der Waals surface area contributed by atoms with Crippen LogP contribution in [-0.4, -0.2) is 53.3 Å². The number of carbonyl (C=O) groups excluding carboxylic acids is 2. The van der Waals surface area contributed by atoms with E-state index in [1.54, 1.807) is 11.1 Å². The molecule has 1 unspecified atom stereocenters. The quantitative estimate of drug-likeness (QED) is 0.830. The monoisotopic (exact) mass is 351 g/mol. The Hall–Kier alpha value is -2.69. The molecule has 0 N–H and O–H groups in total. The minimum absolute atomic E-state index is 0.0917. The maximum absolute atomic E-state index is 12.7. The highest BCUT2D eigenvalue weighted by Crippen LogP contribution is 2.16. The number of nitrogens with zero attached hydrogens (tertiary/aromatic N) is 3. The first-order chi connectivity index (χ1) is 12.6. The lowest BCUT2D eigenvalue weighted by atomic mass is 10.0. The average Bonchev–Trinajstić information content (AvgIpc) is 2.82. The molecule has 1 aliphatic rings. The summed E-state index contributed by atoms with van der Waals surface area (Å²) in [4.78, 5) is 33.3. The van der Waals surface area contributed by atoms with Crippen molar-refractivity contribution < 1.29 is 9.59 Å². The number of hydrogen-bond donors (Lipinski definition) is 0. The molecule has 0 aliphatic carbocycles. The van der Waals surface area contributed by atoms with E-state index < -0.39 is 0 Å². The SMILES string of the molecule is CN1CCN(C(=O)CCc2ccccc2)CC(Cc2ccccn2)C1=O. The predicted molar refractivity (Wildman–Crippen MR) is 100 cm³/mol. The zero-order valence-corrected chi connectivity index (χ0v) is 15.2. The molecule has 136 valence electrons. The van der Waals surface area contributed by atoms with Crippen molar-refractivity contribution in [2.45, 2.75) is 19.3 Å².